The van der Waals surface area contributed by atoms with Crippen molar-refractivity contribution in [2.24, 2.45) is 0 Å². The highest BCUT2D eigenvalue weighted by Crippen LogP contribution is 2.19. The van der Waals surface area contributed by atoms with Crippen LogP contribution in [0.25, 0.3) is 0 Å². The van der Waals surface area contributed by atoms with E-state index in [1.807, 2.05) is 23.8 Å². The Morgan fingerprint density at radius 1 is 0.969 bits per heavy atom. The maximum absolute atomic E-state index is 12.5. The number of hydrogen-bond acceptors (Lipinski definition) is 6. The Morgan fingerprint density at radius 2 is 1.69 bits per heavy atom. The molecule has 0 aliphatic rings. The number of carbonyl (C=O) groups is 2. The number of ether oxygens (including phenoxy) is 1. The number of nitrogens with one attached hydrogen (secondary N) is 3. The molecule has 10 heteroatoms. The molecule has 0 unspecified atom stereocenters. The van der Waals surface area contributed by atoms with Crippen molar-refractivity contribution >= 4 is 38.9 Å². The Kier molecular flexibility index (Phi) is 7.85. The van der Waals surface area contributed by atoms with Crippen LogP contribution in [0.2, 0.25) is 0 Å². The summed E-state index contributed by atoms with van der Waals surface area (Å²) in [6.45, 7) is 2.33. The zero-order valence-corrected chi connectivity index (χ0v) is 19.0. The fourth-order valence-electron chi connectivity index (χ4n) is 2.74. The molecule has 0 radical (unpaired) electrons. The quantitative estimate of drug-likeness (QED) is 0.413. The zero-order chi connectivity index (χ0) is 23.0. The first-order valence-electron chi connectivity index (χ1n) is 9.83. The molecule has 0 bridgehead atoms. The lowest BCUT2D eigenvalue weighted by Gasteiger charge is -2.10. The average molecular weight is 474 g/mol. The molecule has 3 aromatic rings. The van der Waals surface area contributed by atoms with Crippen LogP contribution in [0.4, 0.5) is 5.69 Å². The van der Waals surface area contributed by atoms with Crippen molar-refractivity contribution in [1.82, 2.24) is 10.9 Å². The van der Waals surface area contributed by atoms with E-state index in [0.717, 1.165) is 5.56 Å². The maximum atomic E-state index is 12.5. The first-order chi connectivity index (χ1) is 15.4. The third kappa shape index (κ3) is 6.56. The van der Waals surface area contributed by atoms with Gasteiger partial charge in [-0.15, -0.1) is 0 Å². The van der Waals surface area contributed by atoms with E-state index in [1.54, 1.807) is 23.5 Å². The van der Waals surface area contributed by atoms with E-state index < -0.39 is 15.9 Å². The van der Waals surface area contributed by atoms with E-state index in [1.165, 1.54) is 36.4 Å². The molecule has 0 aliphatic heterocycles. The predicted molar refractivity (Wildman–Crippen MR) is 123 cm³/mol. The number of hydrogen-bond donors (Lipinski definition) is 3. The molecule has 2 amide bonds. The Bertz CT molecular complexity index is 1140. The van der Waals surface area contributed by atoms with E-state index in [2.05, 4.69) is 15.6 Å². The summed E-state index contributed by atoms with van der Waals surface area (Å²) in [5, 5.41) is 3.91. The molecule has 0 saturated carbocycles. The molecular weight excluding hydrogens is 450 g/mol. The summed E-state index contributed by atoms with van der Waals surface area (Å²) in [6, 6.07) is 13.9. The SMILES string of the molecule is CCOc1ccc(S(=O)(=O)Nc2ccc(C(=O)NNC(=O)CCc3ccsc3)cc2)cc1. The molecule has 1 aromatic heterocycles. The number of hydrazine groups is 1. The lowest BCUT2D eigenvalue weighted by atomic mass is 10.2. The highest BCUT2D eigenvalue weighted by Gasteiger charge is 2.15. The van der Waals surface area contributed by atoms with Crippen LogP contribution in [-0.2, 0) is 21.2 Å². The predicted octanol–water partition coefficient (Wildman–Crippen LogP) is 3.34. The van der Waals surface area contributed by atoms with Crippen LogP contribution in [0, 0.1) is 0 Å². The van der Waals surface area contributed by atoms with Gasteiger partial charge in [-0.1, -0.05) is 0 Å². The number of sulfonamides is 1. The molecule has 0 aliphatic carbocycles. The molecular formula is C22H23N3O5S2. The van der Waals surface area contributed by atoms with Gasteiger partial charge in [0.15, 0.2) is 0 Å². The smallest absolute Gasteiger partial charge is 0.269 e. The molecule has 3 rings (SSSR count). The topological polar surface area (TPSA) is 114 Å². The number of aryl methyl sites for hydroxylation is 1. The fraction of sp³-hybridized carbons (Fsp3) is 0.182. The molecule has 3 N–H and O–H groups in total. The van der Waals surface area contributed by atoms with Crippen LogP contribution in [0.5, 0.6) is 5.75 Å². The third-order valence-electron chi connectivity index (χ3n) is 4.38. The number of benzene rings is 2. The average Bonchev–Trinajstić information content (AvgIpc) is 3.31. The van der Waals surface area contributed by atoms with E-state index in [4.69, 9.17) is 4.74 Å². The lowest BCUT2D eigenvalue weighted by Crippen LogP contribution is -2.41. The molecule has 1 heterocycles. The van der Waals surface area contributed by atoms with Gasteiger partial charge in [0.05, 0.1) is 11.5 Å². The summed E-state index contributed by atoms with van der Waals surface area (Å²) < 4.78 is 32.8. The van der Waals surface area contributed by atoms with Crippen LogP contribution < -0.4 is 20.3 Å². The maximum Gasteiger partial charge on any atom is 0.269 e. The Morgan fingerprint density at radius 3 is 2.31 bits per heavy atom. The van der Waals surface area contributed by atoms with Crippen molar-refractivity contribution < 1.29 is 22.7 Å². The molecule has 168 valence electrons. The summed E-state index contributed by atoms with van der Waals surface area (Å²) in [6.07, 6.45) is 0.845. The number of anilines is 1. The molecule has 0 fully saturated rings. The summed E-state index contributed by atoms with van der Waals surface area (Å²) in [5.74, 6) is -0.223. The molecule has 0 saturated heterocycles. The number of rotatable bonds is 9. The second-order valence-electron chi connectivity index (χ2n) is 6.72. The molecule has 0 spiro atoms. The van der Waals surface area contributed by atoms with E-state index in [-0.39, 0.29) is 22.8 Å². The van der Waals surface area contributed by atoms with Gasteiger partial charge in [0, 0.05) is 17.7 Å². The summed E-state index contributed by atoms with van der Waals surface area (Å²) in [7, 11) is -3.79. The summed E-state index contributed by atoms with van der Waals surface area (Å²) in [5.41, 5.74) is 6.37. The van der Waals surface area contributed by atoms with Crippen LogP contribution >= 0.6 is 11.3 Å². The zero-order valence-electron chi connectivity index (χ0n) is 17.3. The van der Waals surface area contributed by atoms with Crippen molar-refractivity contribution in [3.05, 3.63) is 76.5 Å². The van der Waals surface area contributed by atoms with Gasteiger partial charge in [0.25, 0.3) is 15.9 Å². The van der Waals surface area contributed by atoms with Gasteiger partial charge in [-0.3, -0.25) is 25.2 Å². The van der Waals surface area contributed by atoms with Crippen LogP contribution in [-0.4, -0.2) is 26.8 Å². The van der Waals surface area contributed by atoms with Crippen molar-refractivity contribution in [1.29, 1.82) is 0 Å². The fourth-order valence-corrected chi connectivity index (χ4v) is 4.50. The number of amides is 2. The monoisotopic (exact) mass is 473 g/mol. The van der Waals surface area contributed by atoms with Crippen LogP contribution in [0.1, 0.15) is 29.3 Å². The van der Waals surface area contributed by atoms with Gasteiger partial charge in [-0.05, 0) is 84.3 Å². The highest BCUT2D eigenvalue weighted by molar-refractivity contribution is 7.92. The number of thiophene rings is 1. The van der Waals surface area contributed by atoms with Crippen molar-refractivity contribution in [3.63, 3.8) is 0 Å². The van der Waals surface area contributed by atoms with Crippen molar-refractivity contribution in [2.45, 2.75) is 24.7 Å². The molecule has 2 aromatic carbocycles. The van der Waals surface area contributed by atoms with E-state index in [0.29, 0.717) is 24.5 Å². The Labute approximate surface area is 190 Å². The van der Waals surface area contributed by atoms with Crippen LogP contribution in [0.15, 0.2) is 70.3 Å². The minimum atomic E-state index is -3.79. The van der Waals surface area contributed by atoms with Gasteiger partial charge < -0.3 is 4.74 Å². The van der Waals surface area contributed by atoms with Crippen molar-refractivity contribution in [3.8, 4) is 5.75 Å². The Balaban J connectivity index is 1.52. The van der Waals surface area contributed by atoms with E-state index in [9.17, 15) is 18.0 Å². The first-order valence-corrected chi connectivity index (χ1v) is 12.3. The molecule has 32 heavy (non-hydrogen) atoms. The Hall–Kier alpha value is -3.37. The first kappa shape index (κ1) is 23.3. The molecule has 8 nitrogen and oxygen atoms in total. The van der Waals surface area contributed by atoms with Gasteiger partial charge in [0.2, 0.25) is 5.91 Å². The van der Waals surface area contributed by atoms with Gasteiger partial charge in [0.1, 0.15) is 5.75 Å². The molecule has 0 atom stereocenters. The highest BCUT2D eigenvalue weighted by atomic mass is 32.2. The second-order valence-corrected chi connectivity index (χ2v) is 9.18. The van der Waals surface area contributed by atoms with Gasteiger partial charge >= 0.3 is 0 Å². The normalized spacial score (nSPS) is 10.9. The van der Waals surface area contributed by atoms with Gasteiger partial charge in [-0.25, -0.2) is 8.42 Å². The minimum Gasteiger partial charge on any atom is -0.494 e. The minimum absolute atomic E-state index is 0.0907. The third-order valence-corrected chi connectivity index (χ3v) is 6.51. The summed E-state index contributed by atoms with van der Waals surface area (Å²) in [4.78, 5) is 24.2. The van der Waals surface area contributed by atoms with Gasteiger partial charge in [-0.2, -0.15) is 11.3 Å². The number of carbonyl (C=O) groups excluding carboxylic acids is 2. The standard InChI is InChI=1S/C22H23N3O5S2/c1-2-30-19-8-10-20(11-9-19)32(28,29)25-18-6-4-17(5-7-18)22(27)24-23-21(26)12-3-16-13-14-31-15-16/h4-11,13-15,25H,2-3,12H2,1H3,(H,23,26)(H,24,27). The lowest BCUT2D eigenvalue weighted by molar-refractivity contribution is -0.121. The second kappa shape index (κ2) is 10.8. The van der Waals surface area contributed by atoms with Crippen LogP contribution in [0.3, 0.4) is 0 Å². The largest absolute Gasteiger partial charge is 0.494 e. The van der Waals surface area contributed by atoms with Crippen molar-refractivity contribution in [2.75, 3.05) is 11.3 Å². The van der Waals surface area contributed by atoms with E-state index >= 15 is 0 Å². The summed E-state index contributed by atoms with van der Waals surface area (Å²) >= 11 is 1.56.